The van der Waals surface area contributed by atoms with Crippen LogP contribution >= 0.6 is 0 Å². The van der Waals surface area contributed by atoms with Crippen LogP contribution in [0, 0.1) is 0 Å². The Balaban J connectivity index is 1.38. The van der Waals surface area contributed by atoms with E-state index in [1.165, 1.54) is 19.4 Å². The number of ether oxygens (including phenoxy) is 1. The maximum atomic E-state index is 12.7. The summed E-state index contributed by atoms with van der Waals surface area (Å²) >= 11 is 0. The third kappa shape index (κ3) is 5.03. The van der Waals surface area contributed by atoms with Gasteiger partial charge in [0, 0.05) is 28.1 Å². The zero-order valence-corrected chi connectivity index (χ0v) is 21.0. The lowest BCUT2D eigenvalue weighted by molar-refractivity contribution is 0.0919. The van der Waals surface area contributed by atoms with E-state index in [1.54, 1.807) is 0 Å². The summed E-state index contributed by atoms with van der Waals surface area (Å²) in [5, 5.41) is 13.9. The molecule has 0 unspecified atom stereocenters. The monoisotopic (exact) mass is 470 g/mol. The van der Waals surface area contributed by atoms with Gasteiger partial charge in [-0.3, -0.25) is 14.8 Å². The molecule has 0 saturated carbocycles. The number of nitrogens with zero attached hydrogens (tertiary/aromatic N) is 2. The van der Waals surface area contributed by atoms with Gasteiger partial charge in [-0.15, -0.1) is 0 Å². The van der Waals surface area contributed by atoms with Crippen LogP contribution in [0.2, 0.25) is 0 Å². The van der Waals surface area contributed by atoms with Gasteiger partial charge >= 0.3 is 0 Å². The molecule has 1 atom stereocenters. The second-order valence-electron chi connectivity index (χ2n) is 10.5. The minimum Gasteiger partial charge on any atom is -0.492 e. The summed E-state index contributed by atoms with van der Waals surface area (Å²) in [6, 6.07) is 18.8. The number of carbonyl (C=O) groups is 1. The largest absolute Gasteiger partial charge is 0.492 e. The smallest absolute Gasteiger partial charge is 0.251 e. The average Bonchev–Trinajstić information content (AvgIpc) is 3.47. The van der Waals surface area contributed by atoms with E-state index in [4.69, 9.17) is 4.74 Å². The van der Waals surface area contributed by atoms with Gasteiger partial charge in [-0.1, -0.05) is 25.1 Å². The molecule has 6 heteroatoms. The van der Waals surface area contributed by atoms with Crippen molar-refractivity contribution in [1.82, 2.24) is 20.4 Å². The zero-order chi connectivity index (χ0) is 24.6. The number of hydrogen-bond acceptors (Lipinski definition) is 4. The van der Waals surface area contributed by atoms with Crippen molar-refractivity contribution in [3.8, 4) is 17.0 Å². The third-order valence-electron chi connectivity index (χ3n) is 6.75. The summed E-state index contributed by atoms with van der Waals surface area (Å²) in [6.07, 6.45) is 2.47. The number of likely N-dealkylation sites (N-methyl/N-ethyl adjacent to an activating group) is 1. The van der Waals surface area contributed by atoms with Crippen molar-refractivity contribution in [3.05, 3.63) is 60.2 Å². The highest BCUT2D eigenvalue weighted by Crippen LogP contribution is 2.31. The van der Waals surface area contributed by atoms with E-state index in [1.807, 2.05) is 39.0 Å². The second-order valence-corrected chi connectivity index (χ2v) is 10.5. The molecule has 2 N–H and O–H groups in total. The quantitative estimate of drug-likeness (QED) is 0.375. The van der Waals surface area contributed by atoms with Crippen LogP contribution < -0.4 is 10.1 Å². The van der Waals surface area contributed by atoms with E-state index in [2.05, 4.69) is 63.7 Å². The first-order valence-electron chi connectivity index (χ1n) is 12.5. The topological polar surface area (TPSA) is 70.2 Å². The van der Waals surface area contributed by atoms with Crippen LogP contribution in [0.3, 0.4) is 0 Å². The third-order valence-corrected chi connectivity index (χ3v) is 6.75. The molecule has 3 aromatic carbocycles. The van der Waals surface area contributed by atoms with Gasteiger partial charge in [0.25, 0.3) is 5.91 Å². The maximum Gasteiger partial charge on any atom is 0.251 e. The van der Waals surface area contributed by atoms with E-state index >= 15 is 0 Å². The molecule has 5 rings (SSSR count). The highest BCUT2D eigenvalue weighted by Gasteiger charge is 2.23. The Morgan fingerprint density at radius 2 is 1.91 bits per heavy atom. The predicted octanol–water partition coefficient (Wildman–Crippen LogP) is 5.77. The number of carbonyl (C=O) groups excluding carboxylic acids is 1. The second kappa shape index (κ2) is 9.34. The molecule has 0 aliphatic carbocycles. The van der Waals surface area contributed by atoms with Crippen molar-refractivity contribution in [2.45, 2.75) is 52.1 Å². The number of H-pyrrole nitrogens is 1. The van der Waals surface area contributed by atoms with E-state index < -0.39 is 0 Å². The molecule has 6 nitrogen and oxygen atoms in total. The summed E-state index contributed by atoms with van der Waals surface area (Å²) in [6.45, 7) is 11.2. The maximum absolute atomic E-state index is 12.7. The van der Waals surface area contributed by atoms with Gasteiger partial charge in [0.1, 0.15) is 12.4 Å². The Hall–Kier alpha value is -3.38. The minimum absolute atomic E-state index is 0.0859. The number of rotatable bonds is 6. The van der Waals surface area contributed by atoms with Gasteiger partial charge in [0.05, 0.1) is 11.2 Å². The highest BCUT2D eigenvalue weighted by atomic mass is 16.5. The normalized spacial score (nSPS) is 16.7. The van der Waals surface area contributed by atoms with Gasteiger partial charge in [0.2, 0.25) is 0 Å². The minimum atomic E-state index is -0.293. The van der Waals surface area contributed by atoms with E-state index in [0.717, 1.165) is 51.8 Å². The highest BCUT2D eigenvalue weighted by molar-refractivity contribution is 6.02. The van der Waals surface area contributed by atoms with Crippen molar-refractivity contribution in [3.63, 3.8) is 0 Å². The summed E-state index contributed by atoms with van der Waals surface area (Å²) in [7, 11) is 0. The average molecular weight is 471 g/mol. The van der Waals surface area contributed by atoms with Gasteiger partial charge in [-0.05, 0) is 93.9 Å². The Morgan fingerprint density at radius 1 is 1.11 bits per heavy atom. The van der Waals surface area contributed by atoms with Crippen molar-refractivity contribution in [2.75, 3.05) is 19.7 Å². The molecule has 2 heterocycles. The molecule has 4 aromatic rings. The molecular weight excluding hydrogens is 436 g/mol. The molecule has 1 amide bonds. The Morgan fingerprint density at radius 3 is 2.71 bits per heavy atom. The molecule has 1 fully saturated rings. The molecule has 0 bridgehead atoms. The number of fused-ring (bicyclic) bond motifs is 2. The molecule has 0 radical (unpaired) electrons. The summed E-state index contributed by atoms with van der Waals surface area (Å²) in [4.78, 5) is 15.2. The number of aromatic amines is 1. The number of hydrogen-bond donors (Lipinski definition) is 2. The Labute approximate surface area is 206 Å². The first-order valence-corrected chi connectivity index (χ1v) is 12.5. The summed E-state index contributed by atoms with van der Waals surface area (Å²) in [5.74, 6) is 0.824. The number of aromatic nitrogens is 2. The SMILES string of the molecule is CCN1CCC[C@@H]1COc1ccc2cc(-c3n[nH]c4ccc(C(=O)NC(C)(C)C)cc34)ccc2c1. The molecule has 35 heavy (non-hydrogen) atoms. The molecule has 1 aliphatic heterocycles. The van der Waals surface area contributed by atoms with Gasteiger partial charge < -0.3 is 10.1 Å². The van der Waals surface area contributed by atoms with Crippen molar-refractivity contribution in [1.29, 1.82) is 0 Å². The fourth-order valence-electron chi connectivity index (χ4n) is 4.94. The van der Waals surface area contributed by atoms with Crippen LogP contribution in [0.5, 0.6) is 5.75 Å². The molecule has 1 aliphatic rings. The van der Waals surface area contributed by atoms with Crippen LogP contribution in [0.1, 0.15) is 50.9 Å². The first kappa shape index (κ1) is 23.4. The molecular formula is C29H34N4O2. The van der Waals surface area contributed by atoms with E-state index in [-0.39, 0.29) is 11.4 Å². The van der Waals surface area contributed by atoms with Gasteiger partial charge in [0.15, 0.2) is 0 Å². The fourth-order valence-corrected chi connectivity index (χ4v) is 4.94. The lowest BCUT2D eigenvalue weighted by Crippen LogP contribution is -2.40. The molecule has 0 spiro atoms. The van der Waals surface area contributed by atoms with Gasteiger partial charge in [-0.25, -0.2) is 0 Å². The lowest BCUT2D eigenvalue weighted by atomic mass is 10.0. The first-order chi connectivity index (χ1) is 16.8. The van der Waals surface area contributed by atoms with Crippen LogP contribution in [0.25, 0.3) is 32.9 Å². The van der Waals surface area contributed by atoms with Gasteiger partial charge in [-0.2, -0.15) is 5.10 Å². The van der Waals surface area contributed by atoms with Crippen LogP contribution in [-0.4, -0.2) is 52.3 Å². The van der Waals surface area contributed by atoms with Crippen molar-refractivity contribution < 1.29 is 9.53 Å². The molecule has 1 saturated heterocycles. The zero-order valence-electron chi connectivity index (χ0n) is 21.0. The van der Waals surface area contributed by atoms with Crippen LogP contribution in [-0.2, 0) is 0 Å². The molecule has 182 valence electrons. The summed E-state index contributed by atoms with van der Waals surface area (Å²) < 4.78 is 6.16. The summed E-state index contributed by atoms with van der Waals surface area (Å²) in [5.41, 5.74) is 3.09. The standard InChI is InChI=1S/C29H34N4O2/c1-5-33-14-6-7-23(33)18-35-24-12-10-19-15-21(9-8-20(19)16-24)27-25-17-22(11-13-26(25)31-32-27)28(34)30-29(2,3)4/h8-13,15-17,23H,5-7,14,18H2,1-4H3,(H,30,34)(H,31,32)/t23-/m1/s1. The Kier molecular flexibility index (Phi) is 6.24. The van der Waals surface area contributed by atoms with E-state index in [0.29, 0.717) is 11.6 Å². The number of nitrogens with one attached hydrogen (secondary N) is 2. The number of benzene rings is 3. The van der Waals surface area contributed by atoms with E-state index in [9.17, 15) is 4.79 Å². The lowest BCUT2D eigenvalue weighted by Gasteiger charge is -2.22. The number of likely N-dealkylation sites (tertiary alicyclic amines) is 1. The van der Waals surface area contributed by atoms with Crippen molar-refractivity contribution >= 4 is 27.6 Å². The van der Waals surface area contributed by atoms with Crippen LogP contribution in [0.4, 0.5) is 0 Å². The molecule has 1 aromatic heterocycles. The predicted molar refractivity (Wildman–Crippen MR) is 142 cm³/mol. The fraction of sp³-hybridized carbons (Fsp3) is 0.379. The Bertz CT molecular complexity index is 1370. The van der Waals surface area contributed by atoms with Crippen molar-refractivity contribution in [2.24, 2.45) is 0 Å². The van der Waals surface area contributed by atoms with Crippen LogP contribution in [0.15, 0.2) is 54.6 Å². The number of amides is 1.